The SMILES string of the molecule is COC(=O)[C@H](Cc1ccccc1)NC(=O)c1sc(-n2cccc2)nc1C. The average Bonchev–Trinajstić information content (AvgIpc) is 3.30. The minimum Gasteiger partial charge on any atom is -0.467 e. The summed E-state index contributed by atoms with van der Waals surface area (Å²) in [6.45, 7) is 1.78. The number of aromatic nitrogens is 2. The van der Waals surface area contributed by atoms with Gasteiger partial charge in [0, 0.05) is 18.8 Å². The van der Waals surface area contributed by atoms with E-state index in [0.29, 0.717) is 22.1 Å². The van der Waals surface area contributed by atoms with Crippen molar-refractivity contribution < 1.29 is 14.3 Å². The number of methoxy groups -OCH3 is 1. The lowest BCUT2D eigenvalue weighted by molar-refractivity contribution is -0.142. The third-order valence-electron chi connectivity index (χ3n) is 3.89. The van der Waals surface area contributed by atoms with Crippen molar-refractivity contribution in [1.29, 1.82) is 0 Å². The maximum atomic E-state index is 12.7. The lowest BCUT2D eigenvalue weighted by Crippen LogP contribution is -2.43. The molecule has 7 heteroatoms. The van der Waals surface area contributed by atoms with E-state index >= 15 is 0 Å². The predicted molar refractivity (Wildman–Crippen MR) is 99.6 cm³/mol. The van der Waals surface area contributed by atoms with E-state index in [2.05, 4.69) is 10.3 Å². The number of nitrogens with zero attached hydrogens (tertiary/aromatic N) is 2. The summed E-state index contributed by atoms with van der Waals surface area (Å²) in [4.78, 5) is 29.7. The molecule has 1 atom stereocenters. The lowest BCUT2D eigenvalue weighted by Gasteiger charge is -2.16. The van der Waals surface area contributed by atoms with E-state index in [4.69, 9.17) is 4.74 Å². The fourth-order valence-electron chi connectivity index (χ4n) is 2.57. The Balaban J connectivity index is 1.78. The highest BCUT2D eigenvalue weighted by molar-refractivity contribution is 7.16. The van der Waals surface area contributed by atoms with Crippen molar-refractivity contribution in [2.75, 3.05) is 7.11 Å². The molecule has 0 aliphatic heterocycles. The summed E-state index contributed by atoms with van der Waals surface area (Å²) in [5.74, 6) is -0.806. The minimum atomic E-state index is -0.758. The van der Waals surface area contributed by atoms with Crippen LogP contribution in [-0.4, -0.2) is 34.6 Å². The molecule has 2 heterocycles. The van der Waals surface area contributed by atoms with Gasteiger partial charge in [0.1, 0.15) is 10.9 Å². The number of aryl methyl sites for hydroxylation is 1. The van der Waals surface area contributed by atoms with Crippen molar-refractivity contribution in [2.45, 2.75) is 19.4 Å². The first-order valence-electron chi connectivity index (χ1n) is 8.12. The molecule has 0 spiro atoms. The Morgan fingerprint density at radius 3 is 2.54 bits per heavy atom. The van der Waals surface area contributed by atoms with Gasteiger partial charge in [0.15, 0.2) is 5.13 Å². The highest BCUT2D eigenvalue weighted by atomic mass is 32.1. The summed E-state index contributed by atoms with van der Waals surface area (Å²) in [5.41, 5.74) is 1.57. The number of hydrogen-bond acceptors (Lipinski definition) is 5. The molecule has 0 aliphatic rings. The van der Waals surface area contributed by atoms with Crippen LogP contribution < -0.4 is 5.32 Å². The van der Waals surface area contributed by atoms with Gasteiger partial charge < -0.3 is 14.6 Å². The summed E-state index contributed by atoms with van der Waals surface area (Å²) >= 11 is 1.28. The average molecular weight is 369 g/mol. The largest absolute Gasteiger partial charge is 0.467 e. The third kappa shape index (κ3) is 4.00. The number of rotatable bonds is 6. The first-order chi connectivity index (χ1) is 12.6. The molecule has 3 aromatic rings. The number of benzene rings is 1. The van der Waals surface area contributed by atoms with E-state index in [1.807, 2.05) is 59.4 Å². The number of amides is 1. The Bertz CT molecular complexity index is 888. The number of ether oxygens (including phenoxy) is 1. The van der Waals surface area contributed by atoms with Gasteiger partial charge in [-0.2, -0.15) is 0 Å². The molecule has 0 saturated heterocycles. The van der Waals surface area contributed by atoms with Crippen LogP contribution in [0.4, 0.5) is 0 Å². The summed E-state index contributed by atoms with van der Waals surface area (Å²) in [6.07, 6.45) is 4.10. The molecule has 1 N–H and O–H groups in total. The molecule has 0 unspecified atom stereocenters. The number of esters is 1. The second-order valence-corrected chi connectivity index (χ2v) is 6.72. The van der Waals surface area contributed by atoms with Crippen molar-refractivity contribution in [1.82, 2.24) is 14.9 Å². The topological polar surface area (TPSA) is 73.2 Å². The van der Waals surface area contributed by atoms with Crippen LogP contribution in [0.2, 0.25) is 0 Å². The van der Waals surface area contributed by atoms with E-state index in [1.165, 1.54) is 18.4 Å². The van der Waals surface area contributed by atoms with Gasteiger partial charge in [-0.1, -0.05) is 41.7 Å². The van der Waals surface area contributed by atoms with E-state index in [0.717, 1.165) is 5.56 Å². The second kappa shape index (κ2) is 7.97. The van der Waals surface area contributed by atoms with E-state index in [9.17, 15) is 9.59 Å². The maximum Gasteiger partial charge on any atom is 0.328 e. The van der Waals surface area contributed by atoms with E-state index < -0.39 is 12.0 Å². The van der Waals surface area contributed by atoms with Gasteiger partial charge >= 0.3 is 5.97 Å². The molecule has 6 nitrogen and oxygen atoms in total. The summed E-state index contributed by atoms with van der Waals surface area (Å²) in [6, 6.07) is 12.5. The Morgan fingerprint density at radius 2 is 1.88 bits per heavy atom. The molecule has 0 saturated carbocycles. The van der Waals surface area contributed by atoms with Crippen molar-refractivity contribution in [2.24, 2.45) is 0 Å². The normalized spacial score (nSPS) is 11.8. The quantitative estimate of drug-likeness (QED) is 0.678. The molecular formula is C19H19N3O3S. The Hall–Kier alpha value is -2.93. The molecule has 3 rings (SSSR count). The molecule has 0 fully saturated rings. The van der Waals surface area contributed by atoms with Crippen LogP contribution in [0.3, 0.4) is 0 Å². The highest BCUT2D eigenvalue weighted by Crippen LogP contribution is 2.22. The Kier molecular flexibility index (Phi) is 5.48. The molecule has 0 aliphatic carbocycles. The van der Waals surface area contributed by atoms with Crippen LogP contribution in [0.5, 0.6) is 0 Å². The van der Waals surface area contributed by atoms with E-state index in [1.54, 1.807) is 6.92 Å². The summed E-state index contributed by atoms with van der Waals surface area (Å²) < 4.78 is 6.69. The highest BCUT2D eigenvalue weighted by Gasteiger charge is 2.25. The number of thiazole rings is 1. The zero-order valence-electron chi connectivity index (χ0n) is 14.5. The number of carbonyl (C=O) groups is 2. The van der Waals surface area contributed by atoms with Gasteiger partial charge in [0.2, 0.25) is 0 Å². The number of hydrogen-bond donors (Lipinski definition) is 1. The molecule has 1 amide bonds. The van der Waals surface area contributed by atoms with Crippen molar-refractivity contribution >= 4 is 23.2 Å². The molecule has 134 valence electrons. The second-order valence-electron chi connectivity index (χ2n) is 5.74. The van der Waals surface area contributed by atoms with Crippen molar-refractivity contribution in [3.8, 4) is 5.13 Å². The fraction of sp³-hybridized carbons (Fsp3) is 0.211. The monoisotopic (exact) mass is 369 g/mol. The first-order valence-corrected chi connectivity index (χ1v) is 8.93. The van der Waals surface area contributed by atoms with Gasteiger partial charge in [0.05, 0.1) is 12.8 Å². The Labute approximate surface area is 155 Å². The molecular weight excluding hydrogens is 350 g/mol. The predicted octanol–water partition coefficient (Wildman–Crippen LogP) is 2.76. The minimum absolute atomic E-state index is 0.329. The smallest absolute Gasteiger partial charge is 0.328 e. The van der Waals surface area contributed by atoms with Crippen LogP contribution in [0.1, 0.15) is 20.9 Å². The summed E-state index contributed by atoms with van der Waals surface area (Å²) in [5, 5.41) is 3.48. The molecule has 0 radical (unpaired) electrons. The van der Waals surface area contributed by atoms with Gasteiger partial charge in [-0.05, 0) is 24.6 Å². The molecule has 2 aromatic heterocycles. The van der Waals surface area contributed by atoms with Gasteiger partial charge in [-0.3, -0.25) is 4.79 Å². The number of nitrogens with one attached hydrogen (secondary N) is 1. The van der Waals surface area contributed by atoms with Crippen LogP contribution >= 0.6 is 11.3 Å². The van der Waals surface area contributed by atoms with Crippen molar-refractivity contribution in [3.05, 3.63) is 71.0 Å². The lowest BCUT2D eigenvalue weighted by atomic mass is 10.1. The van der Waals surface area contributed by atoms with Crippen LogP contribution in [0, 0.1) is 6.92 Å². The number of carbonyl (C=O) groups excluding carboxylic acids is 2. The molecule has 1 aromatic carbocycles. The van der Waals surface area contributed by atoms with Gasteiger partial charge in [0.25, 0.3) is 5.91 Å². The fourth-order valence-corrected chi connectivity index (χ4v) is 3.51. The zero-order valence-corrected chi connectivity index (χ0v) is 15.3. The van der Waals surface area contributed by atoms with E-state index in [-0.39, 0.29) is 5.91 Å². The Morgan fingerprint density at radius 1 is 1.19 bits per heavy atom. The zero-order chi connectivity index (χ0) is 18.5. The van der Waals surface area contributed by atoms with Gasteiger partial charge in [-0.25, -0.2) is 9.78 Å². The van der Waals surface area contributed by atoms with Crippen LogP contribution in [0.15, 0.2) is 54.9 Å². The van der Waals surface area contributed by atoms with Crippen LogP contribution in [0.25, 0.3) is 5.13 Å². The third-order valence-corrected chi connectivity index (χ3v) is 5.06. The van der Waals surface area contributed by atoms with Gasteiger partial charge in [-0.15, -0.1) is 0 Å². The standard InChI is InChI=1S/C19H19N3O3S/c1-13-16(26-19(20-13)22-10-6-7-11-22)17(23)21-15(18(24)25-2)12-14-8-4-3-5-9-14/h3-11,15H,12H2,1-2H3,(H,21,23)/t15-/m0/s1. The molecule has 0 bridgehead atoms. The first kappa shape index (κ1) is 17.9. The van der Waals surface area contributed by atoms with Crippen LogP contribution in [-0.2, 0) is 16.0 Å². The van der Waals surface area contributed by atoms with Crippen molar-refractivity contribution in [3.63, 3.8) is 0 Å². The summed E-state index contributed by atoms with van der Waals surface area (Å²) in [7, 11) is 1.31. The molecule has 26 heavy (non-hydrogen) atoms. The maximum absolute atomic E-state index is 12.7.